The van der Waals surface area contributed by atoms with Crippen molar-refractivity contribution in [2.45, 2.75) is 0 Å². The fourth-order valence-electron chi connectivity index (χ4n) is 1.31. The largest absolute Gasteiger partial charge is 0.476 e. The first kappa shape index (κ1) is 11.1. The van der Waals surface area contributed by atoms with Crippen LogP contribution in [0, 0.1) is 5.82 Å². The summed E-state index contributed by atoms with van der Waals surface area (Å²) in [5.41, 5.74) is 0.326. The number of halogens is 1. The standard InChI is InChI=1S/C11H9FN2O3/c1-14(8-4-2-3-7(12)5-8)11-13-9(6-17-11)10(15)16/h2-6H,1H3,(H,15,16). The molecule has 0 saturated carbocycles. The normalized spacial score (nSPS) is 10.2. The molecule has 1 N–H and O–H groups in total. The predicted molar refractivity (Wildman–Crippen MR) is 57.9 cm³/mol. The third kappa shape index (κ3) is 2.25. The van der Waals surface area contributed by atoms with E-state index in [1.54, 1.807) is 19.2 Å². The molecule has 0 radical (unpaired) electrons. The molecule has 5 nitrogen and oxygen atoms in total. The second-order valence-electron chi connectivity index (χ2n) is 3.36. The topological polar surface area (TPSA) is 66.6 Å². The molecule has 1 aromatic carbocycles. The van der Waals surface area contributed by atoms with Crippen molar-refractivity contribution in [2.75, 3.05) is 11.9 Å². The summed E-state index contributed by atoms with van der Waals surface area (Å²) in [6, 6.07) is 5.91. The number of hydrogen-bond donors (Lipinski definition) is 1. The molecule has 0 saturated heterocycles. The molecule has 0 fully saturated rings. The van der Waals surface area contributed by atoms with Gasteiger partial charge >= 0.3 is 12.0 Å². The summed E-state index contributed by atoms with van der Waals surface area (Å²) in [5.74, 6) is -1.56. The summed E-state index contributed by atoms with van der Waals surface area (Å²) in [5, 5.41) is 8.69. The number of carbonyl (C=O) groups is 1. The van der Waals surface area contributed by atoms with Gasteiger partial charge in [-0.1, -0.05) is 6.07 Å². The molecule has 17 heavy (non-hydrogen) atoms. The first-order chi connectivity index (χ1) is 8.08. The summed E-state index contributed by atoms with van der Waals surface area (Å²) in [4.78, 5) is 15.8. The van der Waals surface area contributed by atoms with Crippen molar-refractivity contribution >= 4 is 17.7 Å². The molecule has 1 heterocycles. The van der Waals surface area contributed by atoms with E-state index >= 15 is 0 Å². The van der Waals surface area contributed by atoms with E-state index in [9.17, 15) is 9.18 Å². The van der Waals surface area contributed by atoms with Crippen molar-refractivity contribution in [3.05, 3.63) is 42.0 Å². The minimum absolute atomic E-state index is 0.0907. The third-order valence-electron chi connectivity index (χ3n) is 2.19. The third-order valence-corrected chi connectivity index (χ3v) is 2.19. The average molecular weight is 236 g/mol. The first-order valence-corrected chi connectivity index (χ1v) is 4.76. The van der Waals surface area contributed by atoms with Crippen LogP contribution in [-0.2, 0) is 0 Å². The van der Waals surface area contributed by atoms with Crippen LogP contribution < -0.4 is 4.90 Å². The lowest BCUT2D eigenvalue weighted by molar-refractivity contribution is 0.0690. The van der Waals surface area contributed by atoms with Gasteiger partial charge in [0.25, 0.3) is 0 Å². The molecule has 0 aliphatic rings. The summed E-state index contributed by atoms with van der Waals surface area (Å²) < 4.78 is 18.0. The zero-order valence-electron chi connectivity index (χ0n) is 8.92. The molecular formula is C11H9FN2O3. The van der Waals surface area contributed by atoms with E-state index < -0.39 is 5.97 Å². The molecule has 0 spiro atoms. The minimum atomic E-state index is -1.17. The number of carboxylic acids is 1. The molecule has 1 aromatic heterocycles. The van der Waals surface area contributed by atoms with Gasteiger partial charge in [0, 0.05) is 12.7 Å². The second-order valence-corrected chi connectivity index (χ2v) is 3.36. The Bertz CT molecular complexity index is 553. The number of hydrogen-bond acceptors (Lipinski definition) is 4. The Morgan fingerprint density at radius 2 is 2.29 bits per heavy atom. The molecule has 6 heteroatoms. The highest BCUT2D eigenvalue weighted by molar-refractivity contribution is 5.85. The molecule has 2 aromatic rings. The smallest absolute Gasteiger partial charge is 0.357 e. The average Bonchev–Trinajstić information content (AvgIpc) is 2.77. The number of aromatic carboxylic acids is 1. The SMILES string of the molecule is CN(c1cccc(F)c1)c1nc(C(=O)O)co1. The lowest BCUT2D eigenvalue weighted by Gasteiger charge is -2.13. The van der Waals surface area contributed by atoms with E-state index in [-0.39, 0.29) is 17.5 Å². The molecule has 2 rings (SSSR count). The predicted octanol–water partition coefficient (Wildman–Crippen LogP) is 2.28. The lowest BCUT2D eigenvalue weighted by atomic mass is 10.3. The number of rotatable bonds is 3. The maximum Gasteiger partial charge on any atom is 0.357 e. The van der Waals surface area contributed by atoms with E-state index in [1.165, 1.54) is 17.0 Å². The van der Waals surface area contributed by atoms with Crippen molar-refractivity contribution in [2.24, 2.45) is 0 Å². The Hall–Kier alpha value is -2.37. The van der Waals surface area contributed by atoms with E-state index in [2.05, 4.69) is 4.98 Å². The fourth-order valence-corrected chi connectivity index (χ4v) is 1.31. The van der Waals surface area contributed by atoms with Gasteiger partial charge in [0.1, 0.15) is 12.1 Å². The molecule has 0 unspecified atom stereocenters. The van der Waals surface area contributed by atoms with Gasteiger partial charge in [-0.2, -0.15) is 4.98 Å². The second kappa shape index (κ2) is 4.25. The van der Waals surface area contributed by atoms with Gasteiger partial charge in [-0.15, -0.1) is 0 Å². The van der Waals surface area contributed by atoms with Crippen LogP contribution in [-0.4, -0.2) is 23.1 Å². The molecule has 0 bridgehead atoms. The highest BCUT2D eigenvalue weighted by Gasteiger charge is 2.14. The van der Waals surface area contributed by atoms with E-state index in [0.717, 1.165) is 6.26 Å². The minimum Gasteiger partial charge on any atom is -0.476 e. The van der Waals surface area contributed by atoms with Crippen molar-refractivity contribution in [3.8, 4) is 0 Å². The number of aromatic nitrogens is 1. The van der Waals surface area contributed by atoms with Gasteiger partial charge in [-0.25, -0.2) is 9.18 Å². The molecule has 0 aliphatic carbocycles. The van der Waals surface area contributed by atoms with Crippen LogP contribution in [0.25, 0.3) is 0 Å². The van der Waals surface area contributed by atoms with E-state index in [4.69, 9.17) is 9.52 Å². The molecule has 88 valence electrons. The van der Waals surface area contributed by atoms with Gasteiger partial charge in [-0.3, -0.25) is 4.90 Å². The Kier molecular flexibility index (Phi) is 2.78. The monoisotopic (exact) mass is 236 g/mol. The van der Waals surface area contributed by atoms with Gasteiger partial charge in [0.05, 0.1) is 0 Å². The first-order valence-electron chi connectivity index (χ1n) is 4.76. The van der Waals surface area contributed by atoms with Crippen molar-refractivity contribution in [1.29, 1.82) is 0 Å². The van der Waals surface area contributed by atoms with Gasteiger partial charge in [0.15, 0.2) is 5.69 Å². The molecule has 0 atom stereocenters. The number of benzene rings is 1. The quantitative estimate of drug-likeness (QED) is 0.885. The Labute approximate surface area is 96.1 Å². The van der Waals surface area contributed by atoms with Crippen LogP contribution in [0.15, 0.2) is 34.9 Å². The van der Waals surface area contributed by atoms with Crippen LogP contribution in [0.4, 0.5) is 16.1 Å². The lowest BCUT2D eigenvalue weighted by Crippen LogP contribution is -2.10. The number of oxazole rings is 1. The summed E-state index contributed by atoms with van der Waals surface area (Å²) in [6.07, 6.45) is 1.04. The maximum atomic E-state index is 13.0. The zero-order chi connectivity index (χ0) is 12.4. The number of carboxylic acid groups (broad SMARTS) is 1. The zero-order valence-corrected chi connectivity index (χ0v) is 8.92. The number of nitrogens with zero attached hydrogens (tertiary/aromatic N) is 2. The van der Waals surface area contributed by atoms with E-state index in [1.807, 2.05) is 0 Å². The van der Waals surface area contributed by atoms with Crippen LogP contribution in [0.3, 0.4) is 0 Å². The Balaban J connectivity index is 2.30. The summed E-state index contributed by atoms with van der Waals surface area (Å²) in [7, 11) is 1.60. The van der Waals surface area contributed by atoms with Crippen molar-refractivity contribution in [1.82, 2.24) is 4.98 Å². The van der Waals surface area contributed by atoms with Crippen LogP contribution in [0.1, 0.15) is 10.5 Å². The van der Waals surface area contributed by atoms with Crippen molar-refractivity contribution in [3.63, 3.8) is 0 Å². The number of anilines is 2. The van der Waals surface area contributed by atoms with Crippen LogP contribution in [0.5, 0.6) is 0 Å². The van der Waals surface area contributed by atoms with E-state index in [0.29, 0.717) is 5.69 Å². The highest BCUT2D eigenvalue weighted by Crippen LogP contribution is 2.23. The Morgan fingerprint density at radius 3 is 2.88 bits per heavy atom. The summed E-state index contributed by atoms with van der Waals surface area (Å²) >= 11 is 0. The molecular weight excluding hydrogens is 227 g/mol. The highest BCUT2D eigenvalue weighted by atomic mass is 19.1. The van der Waals surface area contributed by atoms with Crippen LogP contribution >= 0.6 is 0 Å². The molecule has 0 aliphatic heterocycles. The van der Waals surface area contributed by atoms with Crippen LogP contribution in [0.2, 0.25) is 0 Å². The summed E-state index contributed by atoms with van der Waals surface area (Å²) in [6.45, 7) is 0. The van der Waals surface area contributed by atoms with Gasteiger partial charge in [0.2, 0.25) is 0 Å². The maximum absolute atomic E-state index is 13.0. The van der Waals surface area contributed by atoms with Gasteiger partial charge < -0.3 is 9.52 Å². The van der Waals surface area contributed by atoms with Gasteiger partial charge in [-0.05, 0) is 18.2 Å². The fraction of sp³-hybridized carbons (Fsp3) is 0.0909. The van der Waals surface area contributed by atoms with Crippen molar-refractivity contribution < 1.29 is 18.7 Å². The Morgan fingerprint density at radius 1 is 1.53 bits per heavy atom. The molecule has 0 amide bonds.